The third-order valence-corrected chi connectivity index (χ3v) is 4.23. The van der Waals surface area contributed by atoms with E-state index >= 15 is 0 Å². The summed E-state index contributed by atoms with van der Waals surface area (Å²) in [5.74, 6) is 0.0678. The number of fused-ring (bicyclic) bond motifs is 1. The third kappa shape index (κ3) is 2.29. The van der Waals surface area contributed by atoms with Crippen LogP contribution >= 0.6 is 0 Å². The number of hydrogen-bond acceptors (Lipinski definition) is 2. The zero-order valence-corrected chi connectivity index (χ0v) is 12.7. The SMILES string of the molecule is Cc1ccc(C)c(C(=O)N2CCc3cc(C)c(N)cc32)c1. The molecule has 0 saturated heterocycles. The van der Waals surface area contributed by atoms with Crippen LogP contribution < -0.4 is 10.6 Å². The van der Waals surface area contributed by atoms with Crippen LogP contribution in [0.3, 0.4) is 0 Å². The molecular weight excluding hydrogens is 260 g/mol. The van der Waals surface area contributed by atoms with E-state index in [1.165, 1.54) is 5.56 Å². The highest BCUT2D eigenvalue weighted by atomic mass is 16.2. The molecule has 1 aliphatic rings. The van der Waals surface area contributed by atoms with Crippen molar-refractivity contribution in [3.05, 3.63) is 58.1 Å². The molecule has 0 atom stereocenters. The molecule has 3 heteroatoms. The maximum Gasteiger partial charge on any atom is 0.258 e. The number of carbonyl (C=O) groups is 1. The largest absolute Gasteiger partial charge is 0.398 e. The van der Waals surface area contributed by atoms with Crippen molar-refractivity contribution in [2.24, 2.45) is 0 Å². The van der Waals surface area contributed by atoms with Crippen molar-refractivity contribution in [3.8, 4) is 0 Å². The van der Waals surface area contributed by atoms with Crippen LogP contribution in [0.15, 0.2) is 30.3 Å². The Hall–Kier alpha value is -2.29. The molecule has 0 spiro atoms. The maximum atomic E-state index is 12.9. The van der Waals surface area contributed by atoms with Gasteiger partial charge in [-0.05, 0) is 56.0 Å². The van der Waals surface area contributed by atoms with Crippen molar-refractivity contribution in [2.45, 2.75) is 27.2 Å². The lowest BCUT2D eigenvalue weighted by molar-refractivity contribution is 0.0988. The van der Waals surface area contributed by atoms with Crippen LogP contribution in [-0.4, -0.2) is 12.5 Å². The summed E-state index contributed by atoms with van der Waals surface area (Å²) >= 11 is 0. The number of nitrogens with zero attached hydrogens (tertiary/aromatic N) is 1. The molecule has 0 radical (unpaired) electrons. The van der Waals surface area contributed by atoms with Crippen LogP contribution in [0.1, 0.15) is 32.6 Å². The highest BCUT2D eigenvalue weighted by Crippen LogP contribution is 2.33. The van der Waals surface area contributed by atoms with Crippen LogP contribution in [-0.2, 0) is 6.42 Å². The number of nitrogens with two attached hydrogens (primary N) is 1. The van der Waals surface area contributed by atoms with Crippen LogP contribution in [0.2, 0.25) is 0 Å². The van der Waals surface area contributed by atoms with E-state index in [1.54, 1.807) is 0 Å². The quantitative estimate of drug-likeness (QED) is 0.814. The van der Waals surface area contributed by atoms with E-state index in [9.17, 15) is 4.79 Å². The molecule has 0 unspecified atom stereocenters. The minimum Gasteiger partial charge on any atom is -0.398 e. The predicted molar refractivity (Wildman–Crippen MR) is 86.9 cm³/mol. The molecule has 0 bridgehead atoms. The summed E-state index contributed by atoms with van der Waals surface area (Å²) in [4.78, 5) is 14.7. The second-order valence-electron chi connectivity index (χ2n) is 5.86. The average Bonchev–Trinajstić information content (AvgIpc) is 2.84. The van der Waals surface area contributed by atoms with E-state index in [1.807, 2.05) is 49.9 Å². The number of benzene rings is 2. The van der Waals surface area contributed by atoms with Gasteiger partial charge in [-0.2, -0.15) is 0 Å². The lowest BCUT2D eigenvalue weighted by Crippen LogP contribution is -2.29. The van der Waals surface area contributed by atoms with Crippen molar-refractivity contribution in [2.75, 3.05) is 17.2 Å². The summed E-state index contributed by atoms with van der Waals surface area (Å²) in [7, 11) is 0. The first-order valence-corrected chi connectivity index (χ1v) is 7.25. The van der Waals surface area contributed by atoms with Crippen LogP contribution in [0.5, 0.6) is 0 Å². The second kappa shape index (κ2) is 4.92. The van der Waals surface area contributed by atoms with Gasteiger partial charge in [0.05, 0.1) is 0 Å². The Bertz CT molecular complexity index is 734. The molecule has 2 aromatic rings. The number of aryl methyl sites for hydroxylation is 3. The van der Waals surface area contributed by atoms with E-state index in [-0.39, 0.29) is 5.91 Å². The minimum absolute atomic E-state index is 0.0678. The number of anilines is 2. The lowest BCUT2D eigenvalue weighted by Gasteiger charge is -2.19. The van der Waals surface area contributed by atoms with E-state index in [2.05, 4.69) is 6.07 Å². The molecule has 0 fully saturated rings. The van der Waals surface area contributed by atoms with Gasteiger partial charge in [-0.3, -0.25) is 4.79 Å². The lowest BCUT2D eigenvalue weighted by atomic mass is 10.0. The summed E-state index contributed by atoms with van der Waals surface area (Å²) in [5.41, 5.74) is 12.9. The molecule has 3 nitrogen and oxygen atoms in total. The molecular formula is C18H20N2O. The zero-order chi connectivity index (χ0) is 15.1. The van der Waals surface area contributed by atoms with Gasteiger partial charge in [-0.15, -0.1) is 0 Å². The Kier molecular flexibility index (Phi) is 3.20. The van der Waals surface area contributed by atoms with Gasteiger partial charge in [0.15, 0.2) is 0 Å². The number of hydrogen-bond donors (Lipinski definition) is 1. The Morgan fingerprint density at radius 3 is 2.62 bits per heavy atom. The van der Waals surface area contributed by atoms with Crippen molar-refractivity contribution in [1.82, 2.24) is 0 Å². The fraction of sp³-hybridized carbons (Fsp3) is 0.278. The Labute approximate surface area is 125 Å². The van der Waals surface area contributed by atoms with Gasteiger partial charge in [0.1, 0.15) is 0 Å². The van der Waals surface area contributed by atoms with Gasteiger partial charge < -0.3 is 10.6 Å². The first-order chi connectivity index (χ1) is 9.97. The van der Waals surface area contributed by atoms with Gasteiger partial charge in [0.2, 0.25) is 0 Å². The van der Waals surface area contributed by atoms with E-state index < -0.39 is 0 Å². The topological polar surface area (TPSA) is 46.3 Å². The molecule has 3 rings (SSSR count). The Balaban J connectivity index is 2.02. The molecule has 2 N–H and O–H groups in total. The van der Waals surface area contributed by atoms with Gasteiger partial charge in [-0.1, -0.05) is 23.8 Å². The monoisotopic (exact) mass is 280 g/mol. The highest BCUT2D eigenvalue weighted by Gasteiger charge is 2.27. The standard InChI is InChI=1S/C18H20N2O/c1-11-4-5-12(2)15(8-11)18(21)20-7-6-14-9-13(3)16(19)10-17(14)20/h4-5,8-10H,6-7,19H2,1-3H3. The van der Waals surface area contributed by atoms with E-state index in [0.29, 0.717) is 0 Å². The maximum absolute atomic E-state index is 12.9. The van der Waals surface area contributed by atoms with Gasteiger partial charge in [0, 0.05) is 23.5 Å². The molecule has 108 valence electrons. The summed E-state index contributed by atoms with van der Waals surface area (Å²) in [5, 5.41) is 0. The Morgan fingerprint density at radius 1 is 1.10 bits per heavy atom. The summed E-state index contributed by atoms with van der Waals surface area (Å²) in [6.45, 7) is 6.72. The molecule has 0 aliphatic carbocycles. The van der Waals surface area contributed by atoms with Crippen molar-refractivity contribution in [3.63, 3.8) is 0 Å². The molecule has 2 aromatic carbocycles. The molecule has 0 saturated carbocycles. The summed E-state index contributed by atoms with van der Waals surface area (Å²) in [6.07, 6.45) is 0.896. The van der Waals surface area contributed by atoms with Gasteiger partial charge in [-0.25, -0.2) is 0 Å². The van der Waals surface area contributed by atoms with Gasteiger partial charge in [0.25, 0.3) is 5.91 Å². The van der Waals surface area contributed by atoms with E-state index in [4.69, 9.17) is 5.73 Å². The number of amides is 1. The van der Waals surface area contributed by atoms with E-state index in [0.717, 1.165) is 46.6 Å². The second-order valence-corrected chi connectivity index (χ2v) is 5.86. The smallest absolute Gasteiger partial charge is 0.258 e. The predicted octanol–water partition coefficient (Wildman–Crippen LogP) is 3.40. The van der Waals surface area contributed by atoms with Crippen molar-refractivity contribution in [1.29, 1.82) is 0 Å². The molecule has 21 heavy (non-hydrogen) atoms. The average molecular weight is 280 g/mol. The van der Waals surface area contributed by atoms with Crippen LogP contribution in [0.4, 0.5) is 11.4 Å². The zero-order valence-electron chi connectivity index (χ0n) is 12.7. The molecule has 1 aliphatic heterocycles. The minimum atomic E-state index is 0.0678. The Morgan fingerprint density at radius 2 is 1.86 bits per heavy atom. The first-order valence-electron chi connectivity index (χ1n) is 7.25. The number of carbonyl (C=O) groups excluding carboxylic acids is 1. The molecule has 0 aromatic heterocycles. The first kappa shape index (κ1) is 13.7. The summed E-state index contributed by atoms with van der Waals surface area (Å²) in [6, 6.07) is 10.0. The highest BCUT2D eigenvalue weighted by molar-refractivity contribution is 6.08. The van der Waals surface area contributed by atoms with Crippen LogP contribution in [0, 0.1) is 20.8 Å². The third-order valence-electron chi connectivity index (χ3n) is 4.23. The fourth-order valence-electron chi connectivity index (χ4n) is 2.90. The number of rotatable bonds is 1. The molecule has 1 heterocycles. The van der Waals surface area contributed by atoms with Crippen molar-refractivity contribution < 1.29 is 4.79 Å². The fourth-order valence-corrected chi connectivity index (χ4v) is 2.90. The molecule has 1 amide bonds. The summed E-state index contributed by atoms with van der Waals surface area (Å²) < 4.78 is 0. The van der Waals surface area contributed by atoms with Crippen LogP contribution in [0.25, 0.3) is 0 Å². The normalized spacial score (nSPS) is 13.4. The van der Waals surface area contributed by atoms with Crippen molar-refractivity contribution >= 4 is 17.3 Å². The number of nitrogen functional groups attached to an aromatic ring is 1. The van der Waals surface area contributed by atoms with Gasteiger partial charge >= 0.3 is 0 Å².